The van der Waals surface area contributed by atoms with E-state index in [-0.39, 0.29) is 17.6 Å². The van der Waals surface area contributed by atoms with Crippen LogP contribution in [0, 0.1) is 10.1 Å². The van der Waals surface area contributed by atoms with Crippen LogP contribution in [0.3, 0.4) is 0 Å². The molecule has 1 N–H and O–H groups in total. The number of benzene rings is 1. The summed E-state index contributed by atoms with van der Waals surface area (Å²) in [5.74, 6) is -0.130. The molecular formula is C21H26N4O3. The monoisotopic (exact) mass is 382 g/mol. The number of pyridine rings is 1. The van der Waals surface area contributed by atoms with Gasteiger partial charge in [-0.3, -0.25) is 19.9 Å². The molecule has 1 aliphatic rings. The SMILES string of the molecule is C[C@H](Nc1ccc(C(=O)N2CCCCCCC2)cc1[N+](=O)[O-])c1ccccn1. The molecule has 28 heavy (non-hydrogen) atoms. The normalized spacial score (nSPS) is 16.0. The van der Waals surface area contributed by atoms with Crippen LogP contribution in [0.2, 0.25) is 0 Å². The third kappa shape index (κ3) is 4.85. The summed E-state index contributed by atoms with van der Waals surface area (Å²) >= 11 is 0. The Balaban J connectivity index is 1.80. The third-order valence-electron chi connectivity index (χ3n) is 5.09. The van der Waals surface area contributed by atoms with Crippen LogP contribution in [0.15, 0.2) is 42.6 Å². The topological polar surface area (TPSA) is 88.4 Å². The smallest absolute Gasteiger partial charge is 0.293 e. The molecule has 2 aromatic rings. The van der Waals surface area contributed by atoms with E-state index in [1.165, 1.54) is 12.5 Å². The molecule has 0 unspecified atom stereocenters. The minimum atomic E-state index is -0.447. The van der Waals surface area contributed by atoms with E-state index in [1.807, 2.05) is 30.0 Å². The molecule has 3 rings (SSSR count). The van der Waals surface area contributed by atoms with Gasteiger partial charge < -0.3 is 10.2 Å². The van der Waals surface area contributed by atoms with Gasteiger partial charge in [-0.1, -0.05) is 25.3 Å². The van der Waals surface area contributed by atoms with Crippen molar-refractivity contribution >= 4 is 17.3 Å². The lowest BCUT2D eigenvalue weighted by Gasteiger charge is -2.25. The molecule has 0 saturated carbocycles. The minimum absolute atomic E-state index is 0.0966. The zero-order valence-corrected chi connectivity index (χ0v) is 16.1. The maximum Gasteiger partial charge on any atom is 0.293 e. The molecule has 7 heteroatoms. The number of nitrogens with zero attached hydrogens (tertiary/aromatic N) is 3. The number of nitro benzene ring substituents is 1. The van der Waals surface area contributed by atoms with Gasteiger partial charge in [-0.05, 0) is 44.0 Å². The van der Waals surface area contributed by atoms with Crippen LogP contribution in [0.5, 0.6) is 0 Å². The lowest BCUT2D eigenvalue weighted by molar-refractivity contribution is -0.384. The molecule has 0 aliphatic carbocycles. The number of amides is 1. The highest BCUT2D eigenvalue weighted by atomic mass is 16.6. The molecular weight excluding hydrogens is 356 g/mol. The number of hydrogen-bond acceptors (Lipinski definition) is 5. The summed E-state index contributed by atoms with van der Waals surface area (Å²) in [6, 6.07) is 10.0. The van der Waals surface area contributed by atoms with E-state index in [0.29, 0.717) is 24.3 Å². The predicted molar refractivity (Wildman–Crippen MR) is 108 cm³/mol. The highest BCUT2D eigenvalue weighted by Gasteiger charge is 2.22. The summed E-state index contributed by atoms with van der Waals surface area (Å²) in [4.78, 5) is 30.1. The van der Waals surface area contributed by atoms with Crippen molar-refractivity contribution in [2.75, 3.05) is 18.4 Å². The quantitative estimate of drug-likeness (QED) is 0.604. The van der Waals surface area contributed by atoms with Crippen LogP contribution in [-0.2, 0) is 0 Å². The van der Waals surface area contributed by atoms with Gasteiger partial charge in [0.25, 0.3) is 11.6 Å². The number of rotatable bonds is 5. The van der Waals surface area contributed by atoms with E-state index >= 15 is 0 Å². The fourth-order valence-electron chi connectivity index (χ4n) is 3.51. The highest BCUT2D eigenvalue weighted by molar-refractivity contribution is 5.95. The van der Waals surface area contributed by atoms with Gasteiger partial charge in [-0.25, -0.2) is 0 Å². The molecule has 0 radical (unpaired) electrons. The average Bonchev–Trinajstić information content (AvgIpc) is 2.68. The second kappa shape index (κ2) is 9.30. The van der Waals surface area contributed by atoms with E-state index in [1.54, 1.807) is 18.3 Å². The van der Waals surface area contributed by atoms with Gasteiger partial charge >= 0.3 is 0 Å². The van der Waals surface area contributed by atoms with Crippen molar-refractivity contribution in [3.63, 3.8) is 0 Å². The van der Waals surface area contributed by atoms with Crippen LogP contribution in [0.25, 0.3) is 0 Å². The molecule has 1 saturated heterocycles. The van der Waals surface area contributed by atoms with Crippen molar-refractivity contribution in [2.45, 2.75) is 45.1 Å². The maximum absolute atomic E-state index is 12.9. The number of likely N-dealkylation sites (tertiary alicyclic amines) is 1. The lowest BCUT2D eigenvalue weighted by atomic mass is 10.1. The van der Waals surface area contributed by atoms with E-state index in [2.05, 4.69) is 10.3 Å². The summed E-state index contributed by atoms with van der Waals surface area (Å²) in [5, 5.41) is 14.8. The molecule has 1 aliphatic heterocycles. The Labute approximate surface area is 164 Å². The lowest BCUT2D eigenvalue weighted by Crippen LogP contribution is -2.33. The number of hydrogen-bond donors (Lipinski definition) is 1. The summed E-state index contributed by atoms with van der Waals surface area (Å²) < 4.78 is 0. The second-order valence-electron chi connectivity index (χ2n) is 7.17. The molecule has 0 spiro atoms. The van der Waals surface area contributed by atoms with E-state index in [9.17, 15) is 14.9 Å². The zero-order valence-electron chi connectivity index (χ0n) is 16.1. The first-order valence-corrected chi connectivity index (χ1v) is 9.81. The molecule has 1 aromatic carbocycles. The Kier molecular flexibility index (Phi) is 6.57. The Morgan fingerprint density at radius 2 is 1.86 bits per heavy atom. The number of nitrogens with one attached hydrogen (secondary N) is 1. The van der Waals surface area contributed by atoms with E-state index in [0.717, 1.165) is 31.4 Å². The predicted octanol–water partition coefficient (Wildman–Crippen LogP) is 4.57. The summed E-state index contributed by atoms with van der Waals surface area (Å²) in [5.41, 5.74) is 1.44. The number of carbonyl (C=O) groups is 1. The summed E-state index contributed by atoms with van der Waals surface area (Å²) in [7, 11) is 0. The molecule has 148 valence electrons. The Morgan fingerprint density at radius 1 is 1.14 bits per heavy atom. The number of nitro groups is 1. The standard InChI is InChI=1S/C21H26N4O3/c1-16(18-9-5-6-12-22-18)23-19-11-10-17(15-20(19)25(27)28)21(26)24-13-7-3-2-4-8-14-24/h5-6,9-12,15-16,23H,2-4,7-8,13-14H2,1H3/t16-/m0/s1. The maximum atomic E-state index is 12.9. The fourth-order valence-corrected chi connectivity index (χ4v) is 3.51. The van der Waals surface area contributed by atoms with Crippen LogP contribution in [0.4, 0.5) is 11.4 Å². The van der Waals surface area contributed by atoms with Gasteiger partial charge in [0.2, 0.25) is 0 Å². The van der Waals surface area contributed by atoms with Gasteiger partial charge in [0, 0.05) is 30.9 Å². The van der Waals surface area contributed by atoms with Crippen LogP contribution >= 0.6 is 0 Å². The molecule has 1 aromatic heterocycles. The van der Waals surface area contributed by atoms with Gasteiger partial charge in [0.15, 0.2) is 0 Å². The van der Waals surface area contributed by atoms with E-state index in [4.69, 9.17) is 0 Å². The Bertz CT molecular complexity index is 818. The van der Waals surface area contributed by atoms with Crippen LogP contribution < -0.4 is 5.32 Å². The highest BCUT2D eigenvalue weighted by Crippen LogP contribution is 2.29. The van der Waals surface area contributed by atoms with Crippen molar-refractivity contribution in [1.29, 1.82) is 0 Å². The summed E-state index contributed by atoms with van der Waals surface area (Å²) in [6.45, 7) is 3.32. The minimum Gasteiger partial charge on any atom is -0.371 e. The zero-order chi connectivity index (χ0) is 19.9. The van der Waals surface area contributed by atoms with Crippen molar-refractivity contribution in [3.8, 4) is 0 Å². The largest absolute Gasteiger partial charge is 0.371 e. The Hall–Kier alpha value is -2.96. The second-order valence-corrected chi connectivity index (χ2v) is 7.17. The number of aromatic nitrogens is 1. The third-order valence-corrected chi connectivity index (χ3v) is 5.09. The first kappa shape index (κ1) is 19.8. The van der Waals surface area contributed by atoms with Crippen LogP contribution in [-0.4, -0.2) is 33.8 Å². The van der Waals surface area contributed by atoms with Crippen molar-refractivity contribution in [3.05, 3.63) is 64.0 Å². The molecule has 1 fully saturated rings. The first-order valence-electron chi connectivity index (χ1n) is 9.81. The van der Waals surface area contributed by atoms with Gasteiger partial charge in [0.05, 0.1) is 16.7 Å². The number of carbonyl (C=O) groups excluding carboxylic acids is 1. The molecule has 1 amide bonds. The van der Waals surface area contributed by atoms with E-state index < -0.39 is 4.92 Å². The molecule has 0 bridgehead atoms. The molecule has 1 atom stereocenters. The summed E-state index contributed by atoms with van der Waals surface area (Å²) in [6.07, 6.45) is 7.11. The van der Waals surface area contributed by atoms with Gasteiger partial charge in [0.1, 0.15) is 5.69 Å². The first-order chi connectivity index (χ1) is 13.6. The van der Waals surface area contributed by atoms with Crippen molar-refractivity contribution < 1.29 is 9.72 Å². The Morgan fingerprint density at radius 3 is 2.50 bits per heavy atom. The van der Waals surface area contributed by atoms with Crippen molar-refractivity contribution in [2.24, 2.45) is 0 Å². The molecule has 7 nitrogen and oxygen atoms in total. The number of anilines is 1. The van der Waals surface area contributed by atoms with Crippen LogP contribution in [0.1, 0.15) is 61.1 Å². The fraction of sp³-hybridized carbons (Fsp3) is 0.429. The van der Waals surface area contributed by atoms with Gasteiger partial charge in [-0.15, -0.1) is 0 Å². The van der Waals surface area contributed by atoms with Gasteiger partial charge in [-0.2, -0.15) is 0 Å². The molecule has 2 heterocycles. The van der Waals surface area contributed by atoms with Crippen molar-refractivity contribution in [1.82, 2.24) is 9.88 Å². The average molecular weight is 382 g/mol.